The average Bonchev–Trinajstić information content (AvgIpc) is 2.21. The molecule has 90 valence electrons. The van der Waals surface area contributed by atoms with Crippen molar-refractivity contribution in [3.8, 4) is 0 Å². The molecule has 0 amide bonds. The van der Waals surface area contributed by atoms with Crippen molar-refractivity contribution >= 4 is 11.9 Å². The predicted molar refractivity (Wildman–Crippen MR) is 52.2 cm³/mol. The Labute approximate surface area is 91.8 Å². The fourth-order valence-electron chi connectivity index (χ4n) is 0.768. The van der Waals surface area contributed by atoms with Crippen LogP contribution in [0.15, 0.2) is 5.11 Å². The molecule has 0 heterocycles. The van der Waals surface area contributed by atoms with Gasteiger partial charge in [0, 0.05) is 18.8 Å². The molecule has 0 bridgehead atoms. The molecule has 0 unspecified atom stereocenters. The summed E-state index contributed by atoms with van der Waals surface area (Å²) in [6, 6.07) is 0. The van der Waals surface area contributed by atoms with Gasteiger partial charge in [-0.3, -0.25) is 9.59 Å². The number of hydrogen-bond acceptors (Lipinski definition) is 6. The molecule has 1 N–H and O–H groups in total. The average molecular weight is 231 g/mol. The summed E-state index contributed by atoms with van der Waals surface area (Å²) >= 11 is 0. The molecule has 0 aliphatic rings. The molecule has 0 atom stereocenters. The summed E-state index contributed by atoms with van der Waals surface area (Å²) in [5.74, 6) is -1.19. The summed E-state index contributed by atoms with van der Waals surface area (Å²) in [6.07, 6.45) is 0. The number of carbonyl (C=O) groups is 2. The minimum absolute atomic E-state index is 0.357. The van der Waals surface area contributed by atoms with Gasteiger partial charge in [-0.1, -0.05) is 5.11 Å². The summed E-state index contributed by atoms with van der Waals surface area (Å²) in [5.41, 5.74) is 6.43. The SMILES string of the molecule is CC(=O)OCC(O)(CN=[N+]=[N-])COC(C)=O. The number of nitrogens with zero attached hydrogens (tertiary/aromatic N) is 3. The molecule has 0 aliphatic heterocycles. The summed E-state index contributed by atoms with van der Waals surface area (Å²) in [7, 11) is 0. The van der Waals surface area contributed by atoms with Gasteiger partial charge in [-0.15, -0.1) is 0 Å². The number of carbonyl (C=O) groups excluding carboxylic acids is 2. The van der Waals surface area contributed by atoms with Crippen LogP contribution in [0.25, 0.3) is 10.4 Å². The van der Waals surface area contributed by atoms with Gasteiger partial charge in [0.2, 0.25) is 0 Å². The highest BCUT2D eigenvalue weighted by atomic mass is 16.6. The maximum Gasteiger partial charge on any atom is 0.302 e. The lowest BCUT2D eigenvalue weighted by Crippen LogP contribution is -2.43. The topological polar surface area (TPSA) is 122 Å². The van der Waals surface area contributed by atoms with E-state index >= 15 is 0 Å². The molecule has 16 heavy (non-hydrogen) atoms. The predicted octanol–water partition coefficient (Wildman–Crippen LogP) is 0.154. The Morgan fingerprint density at radius 2 is 1.75 bits per heavy atom. The lowest BCUT2D eigenvalue weighted by atomic mass is 10.1. The van der Waals surface area contributed by atoms with Crippen LogP contribution in [0.2, 0.25) is 0 Å². The van der Waals surface area contributed by atoms with Crippen molar-refractivity contribution < 1.29 is 24.2 Å². The van der Waals surface area contributed by atoms with Crippen molar-refractivity contribution in [2.75, 3.05) is 19.8 Å². The third-order valence-corrected chi connectivity index (χ3v) is 1.52. The van der Waals surface area contributed by atoms with E-state index in [0.717, 1.165) is 0 Å². The third kappa shape index (κ3) is 6.63. The van der Waals surface area contributed by atoms with E-state index in [1.807, 2.05) is 0 Å². The zero-order chi connectivity index (χ0) is 12.6. The fraction of sp³-hybridized carbons (Fsp3) is 0.750. The number of aliphatic hydroxyl groups is 1. The molecule has 0 saturated heterocycles. The molecule has 0 aromatic rings. The maximum atomic E-state index is 10.6. The molecular formula is C8H13N3O5. The summed E-state index contributed by atoms with van der Waals surface area (Å²) in [6.45, 7) is 1.16. The van der Waals surface area contributed by atoms with E-state index in [2.05, 4.69) is 19.5 Å². The maximum absolute atomic E-state index is 10.6. The molecule has 0 aromatic heterocycles. The minimum atomic E-state index is -1.69. The first kappa shape index (κ1) is 14.2. The number of hydrogen-bond donors (Lipinski definition) is 1. The highest BCUT2D eigenvalue weighted by Crippen LogP contribution is 2.08. The van der Waals surface area contributed by atoms with Crippen molar-refractivity contribution in [2.24, 2.45) is 5.11 Å². The van der Waals surface area contributed by atoms with E-state index in [4.69, 9.17) is 5.53 Å². The van der Waals surface area contributed by atoms with Crippen molar-refractivity contribution in [3.05, 3.63) is 10.4 Å². The van der Waals surface area contributed by atoms with Gasteiger partial charge in [-0.2, -0.15) is 0 Å². The zero-order valence-electron chi connectivity index (χ0n) is 9.04. The first-order valence-corrected chi connectivity index (χ1v) is 4.39. The lowest BCUT2D eigenvalue weighted by Gasteiger charge is -2.24. The molecule has 0 aliphatic carbocycles. The second-order valence-electron chi connectivity index (χ2n) is 3.17. The third-order valence-electron chi connectivity index (χ3n) is 1.52. The van der Waals surface area contributed by atoms with Gasteiger partial charge in [-0.05, 0) is 5.53 Å². The summed E-state index contributed by atoms with van der Waals surface area (Å²) in [5, 5.41) is 13.0. The molecule has 0 fully saturated rings. The van der Waals surface area contributed by atoms with Crippen LogP contribution in [0.3, 0.4) is 0 Å². The first-order chi connectivity index (χ1) is 7.39. The van der Waals surface area contributed by atoms with E-state index in [9.17, 15) is 14.7 Å². The van der Waals surface area contributed by atoms with Crippen LogP contribution in [0, 0.1) is 0 Å². The minimum Gasteiger partial charge on any atom is -0.463 e. The molecule has 8 nitrogen and oxygen atoms in total. The van der Waals surface area contributed by atoms with Gasteiger partial charge >= 0.3 is 11.9 Å². The molecule has 0 spiro atoms. The van der Waals surface area contributed by atoms with Crippen molar-refractivity contribution in [1.29, 1.82) is 0 Å². The Balaban J connectivity index is 4.39. The molecule has 0 radical (unpaired) electrons. The van der Waals surface area contributed by atoms with Crippen molar-refractivity contribution in [1.82, 2.24) is 0 Å². The highest BCUT2D eigenvalue weighted by Gasteiger charge is 2.29. The van der Waals surface area contributed by atoms with E-state index in [0.29, 0.717) is 0 Å². The number of rotatable bonds is 6. The van der Waals surface area contributed by atoms with Crippen LogP contribution >= 0.6 is 0 Å². The van der Waals surface area contributed by atoms with E-state index in [1.165, 1.54) is 13.8 Å². The molecule has 0 rings (SSSR count). The monoisotopic (exact) mass is 231 g/mol. The Morgan fingerprint density at radius 1 is 1.31 bits per heavy atom. The normalized spacial score (nSPS) is 10.2. The lowest BCUT2D eigenvalue weighted by molar-refractivity contribution is -0.159. The van der Waals surface area contributed by atoms with Gasteiger partial charge < -0.3 is 14.6 Å². The van der Waals surface area contributed by atoms with Crippen LogP contribution in [-0.2, 0) is 19.1 Å². The van der Waals surface area contributed by atoms with E-state index < -0.39 is 30.8 Å². The largest absolute Gasteiger partial charge is 0.463 e. The Hall–Kier alpha value is -1.79. The molecule has 8 heteroatoms. The van der Waals surface area contributed by atoms with Crippen LogP contribution in [-0.4, -0.2) is 42.4 Å². The van der Waals surface area contributed by atoms with Gasteiger partial charge in [-0.25, -0.2) is 0 Å². The smallest absolute Gasteiger partial charge is 0.302 e. The van der Waals surface area contributed by atoms with Gasteiger partial charge in [0.15, 0.2) is 0 Å². The Bertz CT molecular complexity index is 293. The Morgan fingerprint density at radius 3 is 2.06 bits per heavy atom. The fourth-order valence-corrected chi connectivity index (χ4v) is 0.768. The first-order valence-electron chi connectivity index (χ1n) is 4.39. The number of azide groups is 1. The van der Waals surface area contributed by atoms with Crippen LogP contribution in [0.1, 0.15) is 13.8 Å². The molecular weight excluding hydrogens is 218 g/mol. The van der Waals surface area contributed by atoms with Gasteiger partial charge in [0.05, 0.1) is 6.54 Å². The van der Waals surface area contributed by atoms with Gasteiger partial charge in [0.1, 0.15) is 18.8 Å². The zero-order valence-corrected chi connectivity index (χ0v) is 9.04. The van der Waals surface area contributed by atoms with Crippen molar-refractivity contribution in [3.63, 3.8) is 0 Å². The quantitative estimate of drug-likeness (QED) is 0.302. The van der Waals surface area contributed by atoms with Crippen LogP contribution in [0.4, 0.5) is 0 Å². The second-order valence-corrected chi connectivity index (χ2v) is 3.17. The standard InChI is InChI=1S/C8H13N3O5/c1-6(12)15-4-8(14,3-10-11-9)5-16-7(2)13/h14H,3-5H2,1-2H3. The highest BCUT2D eigenvalue weighted by molar-refractivity contribution is 5.66. The van der Waals surface area contributed by atoms with Crippen LogP contribution < -0.4 is 0 Å². The second kappa shape index (κ2) is 6.65. The Kier molecular flexibility index (Phi) is 5.91. The summed E-state index contributed by atoms with van der Waals surface area (Å²) < 4.78 is 9.15. The van der Waals surface area contributed by atoms with E-state index in [-0.39, 0.29) is 6.54 Å². The van der Waals surface area contributed by atoms with Gasteiger partial charge in [0.25, 0.3) is 0 Å². The summed E-state index contributed by atoms with van der Waals surface area (Å²) in [4.78, 5) is 23.6. The molecule has 0 aromatic carbocycles. The van der Waals surface area contributed by atoms with Crippen LogP contribution in [0.5, 0.6) is 0 Å². The van der Waals surface area contributed by atoms with Crippen molar-refractivity contribution in [2.45, 2.75) is 19.4 Å². The number of ether oxygens (including phenoxy) is 2. The number of esters is 2. The molecule has 0 saturated carbocycles. The van der Waals surface area contributed by atoms with E-state index in [1.54, 1.807) is 0 Å².